The SMILES string of the molecule is CO/C=C/N(C)C. The van der Waals surface area contributed by atoms with E-state index in [0.29, 0.717) is 0 Å². The minimum Gasteiger partial charge on any atom is -0.503 e. The van der Waals surface area contributed by atoms with Crippen molar-refractivity contribution in [2.24, 2.45) is 0 Å². The van der Waals surface area contributed by atoms with E-state index < -0.39 is 0 Å². The summed E-state index contributed by atoms with van der Waals surface area (Å²) in [5, 5.41) is 0. The molecular formula is C5H11NO. The molecule has 0 fully saturated rings. The Bertz CT molecular complexity index is 59.1. The Morgan fingerprint density at radius 1 is 1.43 bits per heavy atom. The Hall–Kier alpha value is -0.660. The molecule has 2 heteroatoms. The highest BCUT2D eigenvalue weighted by molar-refractivity contribution is 4.67. The highest BCUT2D eigenvalue weighted by Gasteiger charge is 1.69. The van der Waals surface area contributed by atoms with Gasteiger partial charge in [-0.1, -0.05) is 0 Å². The lowest BCUT2D eigenvalue weighted by atomic mass is 10.8. The van der Waals surface area contributed by atoms with Gasteiger partial charge >= 0.3 is 0 Å². The van der Waals surface area contributed by atoms with Crippen LogP contribution in [0.25, 0.3) is 0 Å². The molecule has 0 saturated heterocycles. The Balaban J connectivity index is 3.08. The monoisotopic (exact) mass is 101 g/mol. The smallest absolute Gasteiger partial charge is 0.0983 e. The minimum absolute atomic E-state index is 1.62. The highest BCUT2D eigenvalue weighted by Crippen LogP contribution is 1.74. The van der Waals surface area contributed by atoms with Crippen LogP contribution in [0, 0.1) is 0 Å². The second-order valence-electron chi connectivity index (χ2n) is 1.48. The lowest BCUT2D eigenvalue weighted by Crippen LogP contribution is -1.99. The molecule has 0 aromatic carbocycles. The molecule has 2 nitrogen and oxygen atoms in total. The molecule has 0 heterocycles. The van der Waals surface area contributed by atoms with E-state index in [4.69, 9.17) is 0 Å². The maximum absolute atomic E-state index is 4.63. The van der Waals surface area contributed by atoms with Gasteiger partial charge in [-0.05, 0) is 0 Å². The predicted molar refractivity (Wildman–Crippen MR) is 29.8 cm³/mol. The van der Waals surface area contributed by atoms with Gasteiger partial charge in [0.05, 0.1) is 13.4 Å². The van der Waals surface area contributed by atoms with Crippen LogP contribution in [-0.4, -0.2) is 26.1 Å². The van der Waals surface area contributed by atoms with Gasteiger partial charge in [0.25, 0.3) is 0 Å². The van der Waals surface area contributed by atoms with Crippen molar-refractivity contribution in [1.29, 1.82) is 0 Å². The molecule has 0 aliphatic rings. The third-order valence-electron chi connectivity index (χ3n) is 0.495. The molecule has 0 aromatic heterocycles. The largest absolute Gasteiger partial charge is 0.503 e. The second kappa shape index (κ2) is 3.53. The first kappa shape index (κ1) is 6.34. The maximum Gasteiger partial charge on any atom is 0.0983 e. The standard InChI is InChI=1S/C5H11NO/c1-6(2)4-5-7-3/h4-5H,1-3H3/b5-4+. The fourth-order valence-electron chi connectivity index (χ4n) is 0.183. The molecule has 0 saturated carbocycles. The molecule has 0 bridgehead atoms. The quantitative estimate of drug-likeness (QED) is 0.474. The van der Waals surface area contributed by atoms with Gasteiger partial charge < -0.3 is 9.64 Å². The summed E-state index contributed by atoms with van der Waals surface area (Å²) in [6.45, 7) is 0. The van der Waals surface area contributed by atoms with E-state index >= 15 is 0 Å². The zero-order valence-electron chi connectivity index (χ0n) is 5.01. The van der Waals surface area contributed by atoms with E-state index in [1.165, 1.54) is 0 Å². The maximum atomic E-state index is 4.63. The van der Waals surface area contributed by atoms with Gasteiger partial charge in [0.2, 0.25) is 0 Å². The van der Waals surface area contributed by atoms with Gasteiger partial charge in [-0.15, -0.1) is 0 Å². The Labute approximate surface area is 44.4 Å². The number of ether oxygens (including phenoxy) is 1. The molecule has 0 spiro atoms. The van der Waals surface area contributed by atoms with Crippen molar-refractivity contribution in [1.82, 2.24) is 4.90 Å². The minimum atomic E-state index is 1.62. The molecule has 0 rings (SSSR count). The lowest BCUT2D eigenvalue weighted by Gasteiger charge is -2.00. The van der Waals surface area contributed by atoms with Gasteiger partial charge in [0.15, 0.2) is 0 Å². The van der Waals surface area contributed by atoms with Crippen LogP contribution in [-0.2, 0) is 4.74 Å². The first-order chi connectivity index (χ1) is 3.27. The molecule has 7 heavy (non-hydrogen) atoms. The normalized spacial score (nSPS) is 9.57. The van der Waals surface area contributed by atoms with Crippen molar-refractivity contribution in [3.05, 3.63) is 12.5 Å². The van der Waals surface area contributed by atoms with Gasteiger partial charge in [-0.3, -0.25) is 0 Å². The summed E-state index contributed by atoms with van der Waals surface area (Å²) >= 11 is 0. The molecule has 0 N–H and O–H groups in total. The molecule has 0 amide bonds. The summed E-state index contributed by atoms with van der Waals surface area (Å²) in [5.74, 6) is 0. The molecule has 0 aliphatic carbocycles. The van der Waals surface area contributed by atoms with Crippen LogP contribution in [0.2, 0.25) is 0 Å². The molecule has 0 radical (unpaired) electrons. The summed E-state index contributed by atoms with van der Waals surface area (Å²) in [4.78, 5) is 1.91. The third-order valence-corrected chi connectivity index (χ3v) is 0.495. The average molecular weight is 101 g/mol. The van der Waals surface area contributed by atoms with E-state index in [-0.39, 0.29) is 0 Å². The van der Waals surface area contributed by atoms with Crippen molar-refractivity contribution in [2.45, 2.75) is 0 Å². The molecule has 0 unspecified atom stereocenters. The van der Waals surface area contributed by atoms with Crippen LogP contribution in [0.3, 0.4) is 0 Å². The summed E-state index contributed by atoms with van der Waals surface area (Å²) in [6, 6.07) is 0. The fourth-order valence-corrected chi connectivity index (χ4v) is 0.183. The molecule has 0 aromatic rings. The summed E-state index contributed by atoms with van der Waals surface area (Å²) < 4.78 is 4.63. The number of hydrogen-bond acceptors (Lipinski definition) is 2. The first-order valence-corrected chi connectivity index (χ1v) is 2.13. The summed E-state index contributed by atoms with van der Waals surface area (Å²) in [6.07, 6.45) is 3.46. The zero-order valence-corrected chi connectivity index (χ0v) is 5.01. The topological polar surface area (TPSA) is 12.5 Å². The van der Waals surface area contributed by atoms with Crippen molar-refractivity contribution < 1.29 is 4.74 Å². The molecular weight excluding hydrogens is 90.1 g/mol. The average Bonchev–Trinajstić information content (AvgIpc) is 1.61. The van der Waals surface area contributed by atoms with Crippen molar-refractivity contribution >= 4 is 0 Å². The summed E-state index contributed by atoms with van der Waals surface area (Å²) in [5.41, 5.74) is 0. The molecule has 0 atom stereocenters. The number of nitrogens with zero attached hydrogens (tertiary/aromatic N) is 1. The number of rotatable bonds is 2. The molecule has 0 aliphatic heterocycles. The Kier molecular flexibility index (Phi) is 3.19. The van der Waals surface area contributed by atoms with Gasteiger partial charge in [0.1, 0.15) is 0 Å². The van der Waals surface area contributed by atoms with Crippen LogP contribution in [0.1, 0.15) is 0 Å². The Morgan fingerprint density at radius 2 is 2.00 bits per heavy atom. The number of hydrogen-bond donors (Lipinski definition) is 0. The number of methoxy groups -OCH3 is 1. The van der Waals surface area contributed by atoms with Gasteiger partial charge in [-0.25, -0.2) is 0 Å². The van der Waals surface area contributed by atoms with E-state index in [2.05, 4.69) is 4.74 Å². The van der Waals surface area contributed by atoms with Gasteiger partial charge in [-0.2, -0.15) is 0 Å². The van der Waals surface area contributed by atoms with Crippen LogP contribution < -0.4 is 0 Å². The van der Waals surface area contributed by atoms with E-state index in [0.717, 1.165) is 0 Å². The zero-order chi connectivity index (χ0) is 5.70. The van der Waals surface area contributed by atoms with Crippen molar-refractivity contribution in [3.63, 3.8) is 0 Å². The summed E-state index contributed by atoms with van der Waals surface area (Å²) in [7, 11) is 5.50. The van der Waals surface area contributed by atoms with Crippen LogP contribution in [0.5, 0.6) is 0 Å². The molecule has 42 valence electrons. The van der Waals surface area contributed by atoms with Gasteiger partial charge in [0, 0.05) is 20.3 Å². The van der Waals surface area contributed by atoms with E-state index in [1.807, 2.05) is 25.2 Å². The van der Waals surface area contributed by atoms with Crippen molar-refractivity contribution in [2.75, 3.05) is 21.2 Å². The van der Waals surface area contributed by atoms with Crippen LogP contribution in [0.15, 0.2) is 12.5 Å². The van der Waals surface area contributed by atoms with E-state index in [1.54, 1.807) is 13.4 Å². The highest BCUT2D eigenvalue weighted by atomic mass is 16.5. The van der Waals surface area contributed by atoms with E-state index in [9.17, 15) is 0 Å². The fraction of sp³-hybridized carbons (Fsp3) is 0.600. The van der Waals surface area contributed by atoms with Crippen LogP contribution in [0.4, 0.5) is 0 Å². The first-order valence-electron chi connectivity index (χ1n) is 2.13. The predicted octanol–water partition coefficient (Wildman–Crippen LogP) is 0.666. The third kappa shape index (κ3) is 5.34. The van der Waals surface area contributed by atoms with Crippen molar-refractivity contribution in [3.8, 4) is 0 Å². The lowest BCUT2D eigenvalue weighted by molar-refractivity contribution is 0.328. The second-order valence-corrected chi connectivity index (χ2v) is 1.48. The van der Waals surface area contributed by atoms with Crippen LogP contribution >= 0.6 is 0 Å². The Morgan fingerprint density at radius 3 is 2.14 bits per heavy atom.